The molecule has 3 aromatic carbocycles. The van der Waals surface area contributed by atoms with Crippen molar-refractivity contribution in [1.29, 1.82) is 0 Å². The van der Waals surface area contributed by atoms with Crippen molar-refractivity contribution in [2.45, 2.75) is 38.8 Å². The molecule has 3 amide bonds. The number of aliphatic hydroxyl groups is 1. The topological polar surface area (TPSA) is 137 Å². The maximum absolute atomic E-state index is 13.0. The number of rotatable bonds is 7. The van der Waals surface area contributed by atoms with E-state index < -0.39 is 12.1 Å². The predicted octanol–water partition coefficient (Wildman–Crippen LogP) is 6.47. The number of urea groups is 1. The van der Waals surface area contributed by atoms with Crippen LogP contribution in [-0.4, -0.2) is 81.9 Å². The molecule has 2 aliphatic rings. The summed E-state index contributed by atoms with van der Waals surface area (Å²) in [7, 11) is 7.69. The highest BCUT2D eigenvalue weighted by molar-refractivity contribution is 6.01. The van der Waals surface area contributed by atoms with E-state index in [9.17, 15) is 14.7 Å². The molecule has 51 heavy (non-hydrogen) atoms. The Morgan fingerprint density at radius 1 is 1.02 bits per heavy atom. The van der Waals surface area contributed by atoms with Gasteiger partial charge >= 0.3 is 6.03 Å². The van der Waals surface area contributed by atoms with Crippen molar-refractivity contribution in [2.24, 2.45) is 7.05 Å². The average molecular weight is 690 g/mol. The number of fused-ring (bicyclic) bond motifs is 2. The van der Waals surface area contributed by atoms with Crippen LogP contribution in [-0.2, 0) is 7.05 Å². The van der Waals surface area contributed by atoms with Crippen LogP contribution < -0.4 is 20.1 Å². The number of aliphatic hydroxyl groups excluding tert-OH is 1. The molecule has 0 radical (unpaired) electrons. The zero-order valence-electron chi connectivity index (χ0n) is 29.7. The first-order chi connectivity index (χ1) is 24.5. The van der Waals surface area contributed by atoms with Gasteiger partial charge in [0.1, 0.15) is 23.4 Å². The second-order valence-electron chi connectivity index (χ2n) is 13.4. The number of H-pyrrole nitrogens is 1. The minimum Gasteiger partial charge on any atom is -0.497 e. The minimum atomic E-state index is -1.07. The van der Waals surface area contributed by atoms with Gasteiger partial charge in [0.2, 0.25) is 0 Å². The van der Waals surface area contributed by atoms with Gasteiger partial charge in [0.25, 0.3) is 5.91 Å². The number of aromatic nitrogens is 3. The van der Waals surface area contributed by atoms with Crippen LogP contribution in [0.1, 0.15) is 51.8 Å². The van der Waals surface area contributed by atoms with Crippen LogP contribution in [0.2, 0.25) is 0 Å². The molecular formula is C39H43N7O5. The Balaban J connectivity index is 1.06. The lowest BCUT2D eigenvalue weighted by Crippen LogP contribution is -2.44. The SMILES string of the molecule is COc1ccc2[nH]c(-c3c(C)nn(C)c3C)c(/C=C3\Oc4ccc(NC(=O)Nc5ccc(C(=O)N6CCC(N(C)C)CC6)cc5)cc4C3O)c2c1. The maximum atomic E-state index is 13.0. The fraction of sp³-hybridized carbons (Fsp3) is 0.308. The lowest BCUT2D eigenvalue weighted by molar-refractivity contribution is 0.0663. The normalized spacial score (nSPS) is 16.8. The van der Waals surface area contributed by atoms with Crippen LogP contribution in [0, 0.1) is 13.8 Å². The highest BCUT2D eigenvalue weighted by Crippen LogP contribution is 2.44. The smallest absolute Gasteiger partial charge is 0.323 e. The van der Waals surface area contributed by atoms with Crippen molar-refractivity contribution < 1.29 is 24.2 Å². The fourth-order valence-corrected chi connectivity index (χ4v) is 7.08. The van der Waals surface area contributed by atoms with Crippen molar-refractivity contribution in [1.82, 2.24) is 24.6 Å². The zero-order valence-corrected chi connectivity index (χ0v) is 29.7. The van der Waals surface area contributed by atoms with Gasteiger partial charge < -0.3 is 40.0 Å². The van der Waals surface area contributed by atoms with E-state index in [4.69, 9.17) is 9.47 Å². The van der Waals surface area contributed by atoms with Crippen molar-refractivity contribution in [3.8, 4) is 22.8 Å². The summed E-state index contributed by atoms with van der Waals surface area (Å²) < 4.78 is 13.6. The van der Waals surface area contributed by atoms with Crippen molar-refractivity contribution >= 4 is 40.3 Å². The second kappa shape index (κ2) is 13.6. The molecule has 7 rings (SSSR count). The lowest BCUT2D eigenvalue weighted by atomic mass is 10.0. The monoisotopic (exact) mass is 689 g/mol. The Kier molecular flexibility index (Phi) is 9.04. The standard InChI is InChI=1S/C39H43N7O5/c1-22-35(23(2)45(5)43-22)36-30(29-20-28(50-6)12-13-32(29)42-36)21-34-37(47)31-19-26(11-14-33(31)51-34)41-39(49)40-25-9-7-24(8-10-25)38(48)46-17-15-27(16-18-46)44(3)4/h7-14,19-21,27,37,42,47H,15-18H2,1-6H3,(H2,40,41,49)/b34-21-. The first-order valence-corrected chi connectivity index (χ1v) is 17.1. The number of hydrogen-bond donors (Lipinski definition) is 4. The molecule has 2 aromatic heterocycles. The van der Waals surface area contributed by atoms with Crippen molar-refractivity contribution in [3.05, 3.63) is 94.5 Å². The van der Waals surface area contributed by atoms with Crippen LogP contribution in [0.15, 0.2) is 66.4 Å². The third-order valence-electron chi connectivity index (χ3n) is 10.0. The molecule has 12 heteroatoms. The van der Waals surface area contributed by atoms with Crippen molar-refractivity contribution in [3.63, 3.8) is 0 Å². The molecule has 4 N–H and O–H groups in total. The molecule has 5 aromatic rings. The minimum absolute atomic E-state index is 0.00140. The fourth-order valence-electron chi connectivity index (χ4n) is 7.08. The van der Waals surface area contributed by atoms with Crippen LogP contribution in [0.3, 0.4) is 0 Å². The number of piperidine rings is 1. The van der Waals surface area contributed by atoms with Gasteiger partial charge in [-0.25, -0.2) is 4.79 Å². The Labute approximate surface area is 296 Å². The van der Waals surface area contributed by atoms with E-state index in [1.165, 1.54) is 0 Å². The summed E-state index contributed by atoms with van der Waals surface area (Å²) in [4.78, 5) is 33.7. The van der Waals surface area contributed by atoms with E-state index in [-0.39, 0.29) is 5.91 Å². The van der Waals surface area contributed by atoms with Crippen LogP contribution in [0.25, 0.3) is 28.2 Å². The van der Waals surface area contributed by atoms with E-state index in [2.05, 4.69) is 39.7 Å². The molecule has 0 bridgehead atoms. The Hall–Kier alpha value is -5.59. The Morgan fingerprint density at radius 2 is 1.73 bits per heavy atom. The summed E-state index contributed by atoms with van der Waals surface area (Å²) in [6, 6.07) is 17.9. The maximum Gasteiger partial charge on any atom is 0.323 e. The molecule has 1 saturated heterocycles. The van der Waals surface area contributed by atoms with Gasteiger partial charge in [0, 0.05) is 76.4 Å². The van der Waals surface area contributed by atoms with E-state index in [1.807, 2.05) is 54.8 Å². The van der Waals surface area contributed by atoms with Gasteiger partial charge in [-0.3, -0.25) is 9.48 Å². The number of anilines is 2. The van der Waals surface area contributed by atoms with E-state index in [0.717, 1.165) is 65.0 Å². The largest absolute Gasteiger partial charge is 0.497 e. The number of benzene rings is 3. The molecule has 12 nitrogen and oxygen atoms in total. The molecular weight excluding hydrogens is 646 g/mol. The second-order valence-corrected chi connectivity index (χ2v) is 13.4. The number of aromatic amines is 1. The first-order valence-electron chi connectivity index (χ1n) is 17.1. The molecule has 264 valence electrons. The van der Waals surface area contributed by atoms with Gasteiger partial charge in [-0.2, -0.15) is 5.10 Å². The summed E-state index contributed by atoms with van der Waals surface area (Å²) >= 11 is 0. The number of hydrogen-bond acceptors (Lipinski definition) is 7. The molecule has 4 heterocycles. The number of likely N-dealkylation sites (tertiary alicyclic amines) is 1. The van der Waals surface area contributed by atoms with E-state index in [1.54, 1.807) is 49.6 Å². The predicted molar refractivity (Wildman–Crippen MR) is 198 cm³/mol. The molecule has 1 fully saturated rings. The van der Waals surface area contributed by atoms with Gasteiger partial charge in [0.15, 0.2) is 0 Å². The van der Waals surface area contributed by atoms with Gasteiger partial charge in [0.05, 0.1) is 18.5 Å². The van der Waals surface area contributed by atoms with Crippen LogP contribution in [0.5, 0.6) is 11.5 Å². The van der Waals surface area contributed by atoms with Gasteiger partial charge in [-0.1, -0.05) is 0 Å². The number of nitrogens with one attached hydrogen (secondary N) is 3. The Morgan fingerprint density at radius 3 is 2.39 bits per heavy atom. The zero-order chi connectivity index (χ0) is 36.0. The summed E-state index contributed by atoms with van der Waals surface area (Å²) in [6.45, 7) is 5.45. The summed E-state index contributed by atoms with van der Waals surface area (Å²) in [5.74, 6) is 1.56. The third kappa shape index (κ3) is 6.55. The first kappa shape index (κ1) is 33.9. The number of carbonyl (C=O) groups is 2. The summed E-state index contributed by atoms with van der Waals surface area (Å²) in [6.07, 6.45) is 2.69. The highest BCUT2D eigenvalue weighted by atomic mass is 16.5. The van der Waals surface area contributed by atoms with E-state index >= 15 is 0 Å². The van der Waals surface area contributed by atoms with E-state index in [0.29, 0.717) is 45.8 Å². The van der Waals surface area contributed by atoms with Gasteiger partial charge in [-0.15, -0.1) is 0 Å². The molecule has 1 unspecified atom stereocenters. The molecule has 2 aliphatic heterocycles. The summed E-state index contributed by atoms with van der Waals surface area (Å²) in [5, 5.41) is 22.7. The molecule has 1 atom stereocenters. The molecule has 0 aliphatic carbocycles. The lowest BCUT2D eigenvalue weighted by Gasteiger charge is -2.35. The Bertz CT molecular complexity index is 2160. The summed E-state index contributed by atoms with van der Waals surface area (Å²) in [5.41, 5.74) is 7.61. The quantitative estimate of drug-likeness (QED) is 0.154. The van der Waals surface area contributed by atoms with Crippen molar-refractivity contribution in [2.75, 3.05) is 44.9 Å². The van der Waals surface area contributed by atoms with Gasteiger partial charge in [-0.05, 0) is 108 Å². The molecule has 0 spiro atoms. The number of ether oxygens (including phenoxy) is 2. The number of methoxy groups -OCH3 is 1. The number of aryl methyl sites for hydroxylation is 2. The highest BCUT2D eigenvalue weighted by Gasteiger charge is 2.30. The van der Waals surface area contributed by atoms with Crippen LogP contribution in [0.4, 0.5) is 16.2 Å². The third-order valence-corrected chi connectivity index (χ3v) is 10.0. The number of amides is 3. The number of carbonyl (C=O) groups excluding carboxylic acids is 2. The molecule has 0 saturated carbocycles. The number of nitrogens with zero attached hydrogens (tertiary/aromatic N) is 4. The van der Waals surface area contributed by atoms with Crippen LogP contribution >= 0.6 is 0 Å². The average Bonchev–Trinajstić information content (AvgIpc) is 3.72.